The molecule has 2 aromatic carbocycles. The summed E-state index contributed by atoms with van der Waals surface area (Å²) in [5.41, 5.74) is 1.69. The van der Waals surface area contributed by atoms with Gasteiger partial charge >= 0.3 is 0 Å². The van der Waals surface area contributed by atoms with Crippen LogP contribution >= 0.6 is 0 Å². The van der Waals surface area contributed by atoms with E-state index < -0.39 is 23.1 Å². The first kappa shape index (κ1) is 15.6. The number of anilines is 1. The number of hydrogen-bond donors (Lipinski definition) is 1. The van der Waals surface area contributed by atoms with Crippen molar-refractivity contribution in [3.05, 3.63) is 65.9 Å². The molecule has 0 unspecified atom stereocenters. The second-order valence-electron chi connectivity index (χ2n) is 6.09. The van der Waals surface area contributed by atoms with Crippen molar-refractivity contribution in [1.82, 2.24) is 9.88 Å². The Morgan fingerprint density at radius 1 is 0.920 bits per heavy atom. The van der Waals surface area contributed by atoms with E-state index in [2.05, 4.69) is 9.88 Å². The molecule has 0 spiro atoms. The summed E-state index contributed by atoms with van der Waals surface area (Å²) in [5, 5.41) is 1.13. The van der Waals surface area contributed by atoms with Crippen molar-refractivity contribution in [1.29, 1.82) is 0 Å². The van der Waals surface area contributed by atoms with Crippen LogP contribution in [0, 0.1) is 11.6 Å². The second kappa shape index (κ2) is 6.20. The van der Waals surface area contributed by atoms with Gasteiger partial charge in [-0.2, -0.15) is 0 Å². The first-order chi connectivity index (χ1) is 12.1. The molecular formula is C19H17F2N3O. The molecule has 1 saturated heterocycles. The Morgan fingerprint density at radius 3 is 2.32 bits per heavy atom. The van der Waals surface area contributed by atoms with E-state index in [4.69, 9.17) is 0 Å². The van der Waals surface area contributed by atoms with Gasteiger partial charge in [0.2, 0.25) is 0 Å². The normalized spacial score (nSPS) is 15.0. The summed E-state index contributed by atoms with van der Waals surface area (Å²) in [5.74, 6) is -2.22. The third kappa shape index (κ3) is 2.73. The molecule has 3 aromatic rings. The highest BCUT2D eigenvalue weighted by molar-refractivity contribution is 5.95. The number of fused-ring (bicyclic) bond motifs is 1. The molecule has 1 aliphatic rings. The minimum atomic E-state index is -0.815. The van der Waals surface area contributed by atoms with E-state index in [1.54, 1.807) is 0 Å². The lowest BCUT2D eigenvalue weighted by molar-refractivity contribution is 0.0737. The topological polar surface area (TPSA) is 39.3 Å². The molecule has 6 heteroatoms. The number of aromatic nitrogens is 1. The third-order valence-electron chi connectivity index (χ3n) is 4.66. The average molecular weight is 341 g/mol. The summed E-state index contributed by atoms with van der Waals surface area (Å²) in [6.45, 7) is 2.08. The highest BCUT2D eigenvalue weighted by atomic mass is 19.1. The number of hydrogen-bond acceptors (Lipinski definition) is 2. The summed E-state index contributed by atoms with van der Waals surface area (Å²) in [7, 11) is 0. The van der Waals surface area contributed by atoms with E-state index >= 15 is 0 Å². The van der Waals surface area contributed by atoms with E-state index in [-0.39, 0.29) is 0 Å². The molecule has 1 amide bonds. The fourth-order valence-electron chi connectivity index (χ4n) is 3.36. The summed E-state index contributed by atoms with van der Waals surface area (Å²) < 4.78 is 27.7. The van der Waals surface area contributed by atoms with Gasteiger partial charge in [-0.3, -0.25) is 4.79 Å². The summed E-state index contributed by atoms with van der Waals surface area (Å²) in [6, 6.07) is 11.6. The summed E-state index contributed by atoms with van der Waals surface area (Å²) in [6.07, 6.45) is 1.90. The number of benzene rings is 2. The smallest absolute Gasteiger partial charge is 0.259 e. The lowest BCUT2D eigenvalue weighted by Crippen LogP contribution is -2.49. The molecule has 4 nitrogen and oxygen atoms in total. The Morgan fingerprint density at radius 2 is 1.60 bits per heavy atom. The average Bonchev–Trinajstić information content (AvgIpc) is 3.10. The van der Waals surface area contributed by atoms with Crippen molar-refractivity contribution in [3.8, 4) is 0 Å². The lowest BCUT2D eigenvalue weighted by Gasteiger charge is -2.36. The monoisotopic (exact) mass is 341 g/mol. The van der Waals surface area contributed by atoms with Crippen molar-refractivity contribution < 1.29 is 13.6 Å². The number of nitrogens with one attached hydrogen (secondary N) is 1. The first-order valence-corrected chi connectivity index (χ1v) is 8.19. The Hall–Kier alpha value is -2.89. The van der Waals surface area contributed by atoms with Crippen molar-refractivity contribution in [3.63, 3.8) is 0 Å². The van der Waals surface area contributed by atoms with Crippen LogP contribution in [0.4, 0.5) is 14.5 Å². The van der Waals surface area contributed by atoms with Gasteiger partial charge in [-0.1, -0.05) is 12.1 Å². The number of amides is 1. The number of rotatable bonds is 2. The molecule has 1 fully saturated rings. The van der Waals surface area contributed by atoms with Crippen LogP contribution in [0.2, 0.25) is 0 Å². The quantitative estimate of drug-likeness (QED) is 0.776. The molecule has 25 heavy (non-hydrogen) atoms. The van der Waals surface area contributed by atoms with E-state index in [1.807, 2.05) is 30.5 Å². The van der Waals surface area contributed by atoms with Crippen LogP contribution in [0.5, 0.6) is 0 Å². The van der Waals surface area contributed by atoms with Gasteiger partial charge in [0.25, 0.3) is 5.91 Å². The largest absolute Gasteiger partial charge is 0.367 e. The van der Waals surface area contributed by atoms with Crippen LogP contribution in [0.1, 0.15) is 10.4 Å². The second-order valence-corrected chi connectivity index (χ2v) is 6.09. The molecule has 0 aliphatic carbocycles. The van der Waals surface area contributed by atoms with Gasteiger partial charge in [0.05, 0.1) is 0 Å². The minimum absolute atomic E-state index is 0.424. The zero-order valence-electron chi connectivity index (χ0n) is 13.5. The predicted molar refractivity (Wildman–Crippen MR) is 92.8 cm³/mol. The van der Waals surface area contributed by atoms with E-state index in [0.717, 1.165) is 28.7 Å². The van der Waals surface area contributed by atoms with Crippen LogP contribution in [0.3, 0.4) is 0 Å². The number of nitrogens with zero attached hydrogens (tertiary/aromatic N) is 2. The zero-order valence-corrected chi connectivity index (χ0v) is 13.5. The van der Waals surface area contributed by atoms with Gasteiger partial charge in [-0.25, -0.2) is 8.78 Å². The standard InChI is InChI=1S/C19H17F2N3O/c20-14-3-1-4-15(21)18(14)19(25)24-11-9-23(10-12-24)17-6-2-5-16-13(17)7-8-22-16/h1-8,22H,9-12H2. The Bertz CT molecular complexity index is 909. The van der Waals surface area contributed by atoms with Crippen LogP contribution < -0.4 is 4.90 Å². The number of halogens is 2. The van der Waals surface area contributed by atoms with Gasteiger partial charge in [-0.05, 0) is 30.3 Å². The number of piperazine rings is 1. The van der Waals surface area contributed by atoms with E-state index in [0.29, 0.717) is 26.2 Å². The van der Waals surface area contributed by atoms with Gasteiger partial charge in [0.1, 0.15) is 17.2 Å². The fourth-order valence-corrected chi connectivity index (χ4v) is 3.36. The first-order valence-electron chi connectivity index (χ1n) is 8.19. The van der Waals surface area contributed by atoms with Crippen molar-refractivity contribution >= 4 is 22.5 Å². The molecule has 1 aromatic heterocycles. The van der Waals surface area contributed by atoms with Crippen molar-refractivity contribution in [2.24, 2.45) is 0 Å². The predicted octanol–water partition coefficient (Wildman–Crippen LogP) is 3.41. The molecule has 0 radical (unpaired) electrons. The maximum atomic E-state index is 13.8. The molecule has 128 valence electrons. The number of H-pyrrole nitrogens is 1. The molecular weight excluding hydrogens is 324 g/mol. The minimum Gasteiger partial charge on any atom is -0.367 e. The SMILES string of the molecule is O=C(c1c(F)cccc1F)N1CCN(c2cccc3[nH]ccc23)CC1. The van der Waals surface area contributed by atoms with Crippen LogP contribution in [-0.4, -0.2) is 42.0 Å². The highest BCUT2D eigenvalue weighted by Crippen LogP contribution is 2.27. The highest BCUT2D eigenvalue weighted by Gasteiger charge is 2.27. The van der Waals surface area contributed by atoms with Crippen LogP contribution in [0.15, 0.2) is 48.7 Å². The van der Waals surface area contributed by atoms with E-state index in [1.165, 1.54) is 11.0 Å². The van der Waals surface area contributed by atoms with Crippen molar-refractivity contribution in [2.75, 3.05) is 31.1 Å². The number of carbonyl (C=O) groups excluding carboxylic acids is 1. The summed E-state index contributed by atoms with van der Waals surface area (Å²) >= 11 is 0. The molecule has 4 rings (SSSR count). The third-order valence-corrected chi connectivity index (χ3v) is 4.66. The van der Waals surface area contributed by atoms with Gasteiger partial charge in [0.15, 0.2) is 0 Å². The fraction of sp³-hybridized carbons (Fsp3) is 0.211. The van der Waals surface area contributed by atoms with E-state index in [9.17, 15) is 13.6 Å². The molecule has 2 heterocycles. The maximum Gasteiger partial charge on any atom is 0.259 e. The molecule has 0 bridgehead atoms. The van der Waals surface area contributed by atoms with Gasteiger partial charge in [0, 0.05) is 49.0 Å². The Kier molecular flexibility index (Phi) is 3.87. The number of aromatic amines is 1. The maximum absolute atomic E-state index is 13.8. The molecule has 1 aliphatic heterocycles. The zero-order chi connectivity index (χ0) is 17.4. The lowest BCUT2D eigenvalue weighted by atomic mass is 10.1. The van der Waals surface area contributed by atoms with Crippen LogP contribution in [0.25, 0.3) is 10.9 Å². The molecule has 0 saturated carbocycles. The number of carbonyl (C=O) groups is 1. The van der Waals surface area contributed by atoms with Crippen LogP contribution in [-0.2, 0) is 0 Å². The van der Waals surface area contributed by atoms with Gasteiger partial charge < -0.3 is 14.8 Å². The Balaban J connectivity index is 1.52. The van der Waals surface area contributed by atoms with Gasteiger partial charge in [-0.15, -0.1) is 0 Å². The molecule has 1 N–H and O–H groups in total. The molecule has 0 atom stereocenters. The van der Waals surface area contributed by atoms with Crippen molar-refractivity contribution in [2.45, 2.75) is 0 Å². The Labute approximate surface area is 143 Å². The summed E-state index contributed by atoms with van der Waals surface area (Å²) in [4.78, 5) is 19.4.